The number of nitro benzene ring substituents is 2. The summed E-state index contributed by atoms with van der Waals surface area (Å²) in [4.78, 5) is 30.2. The first-order valence-corrected chi connectivity index (χ1v) is 26.8. The Hall–Kier alpha value is -11.4. The number of H-pyrrole nitrogens is 2. The molecule has 0 spiro atoms. The summed E-state index contributed by atoms with van der Waals surface area (Å²) in [6, 6.07) is 90.6. The SMILES string of the molecule is O=[N+]([O-])c1cccc(-c2oc(-c3ccccc3)c(-c3ccccc3)c2-c2c(-c3ccccc3)[nH]c3ccccc23)c1.O=[N+]([O-])c1cccc(-c2oc(-c3ccccc3)c(-c3ccccc3)c2-c2c(-c3ccccc3)[nH]c3ccccc23)c1. The minimum atomic E-state index is -0.372. The first-order chi connectivity index (χ1) is 40.4. The molecule has 0 aliphatic heterocycles. The summed E-state index contributed by atoms with van der Waals surface area (Å²) in [6.45, 7) is 0. The maximum Gasteiger partial charge on any atom is 0.270 e. The molecule has 0 aliphatic carbocycles. The third-order valence-electron chi connectivity index (χ3n) is 14.7. The molecule has 10 nitrogen and oxygen atoms in total. The van der Waals surface area contributed by atoms with Crippen LogP contribution in [-0.4, -0.2) is 19.8 Å². The lowest BCUT2D eigenvalue weighted by Gasteiger charge is -2.11. The van der Waals surface area contributed by atoms with Gasteiger partial charge in [-0.05, 0) is 34.4 Å². The fourth-order valence-electron chi connectivity index (χ4n) is 11.1. The first kappa shape index (κ1) is 50.2. The molecule has 0 unspecified atom stereocenters. The van der Waals surface area contributed by atoms with Gasteiger partial charge in [0.15, 0.2) is 0 Å². The highest BCUT2D eigenvalue weighted by Gasteiger charge is 2.32. The van der Waals surface area contributed by atoms with Gasteiger partial charge in [-0.2, -0.15) is 0 Å². The molecule has 4 heterocycles. The fraction of sp³-hybridized carbons (Fsp3) is 0. The zero-order valence-corrected chi connectivity index (χ0v) is 43.9. The summed E-state index contributed by atoms with van der Waals surface area (Å²) in [5.41, 5.74) is 16.7. The van der Waals surface area contributed by atoms with Crippen LogP contribution in [0.1, 0.15) is 0 Å². The van der Waals surface area contributed by atoms with Gasteiger partial charge < -0.3 is 18.8 Å². The molecule has 0 bridgehead atoms. The number of benzene rings is 10. The Morgan fingerprint density at radius 2 is 0.549 bits per heavy atom. The summed E-state index contributed by atoms with van der Waals surface area (Å²) in [5.74, 6) is 2.57. The standard InChI is InChI=1S/2C36H24N2O3/c2*39-38(40)28-20-12-19-27(23-28)36-33(31(24-13-4-1-5-14-24)35(41-36)26-17-8-3-9-18-26)32-29-21-10-11-22-30(29)37-34(32)25-15-6-2-7-16-25/h2*1-23,37H. The van der Waals surface area contributed by atoms with Crippen molar-refractivity contribution in [1.29, 1.82) is 0 Å². The van der Waals surface area contributed by atoms with E-state index in [0.717, 1.165) is 100.0 Å². The Morgan fingerprint density at radius 1 is 0.268 bits per heavy atom. The van der Waals surface area contributed by atoms with Crippen molar-refractivity contribution in [2.75, 3.05) is 0 Å². The number of rotatable bonds is 12. The number of nitrogens with one attached hydrogen (secondary N) is 2. The van der Waals surface area contributed by atoms with Gasteiger partial charge in [0.25, 0.3) is 11.4 Å². The van der Waals surface area contributed by atoms with Crippen LogP contribution in [0.15, 0.2) is 288 Å². The number of nitro groups is 2. The van der Waals surface area contributed by atoms with Crippen molar-refractivity contribution in [3.63, 3.8) is 0 Å². The van der Waals surface area contributed by atoms with Crippen LogP contribution in [-0.2, 0) is 0 Å². The van der Waals surface area contributed by atoms with Gasteiger partial charge in [-0.25, -0.2) is 0 Å². The average molecular weight is 1070 g/mol. The van der Waals surface area contributed by atoms with Crippen molar-refractivity contribution in [3.8, 4) is 112 Å². The van der Waals surface area contributed by atoms with E-state index in [1.807, 2.05) is 170 Å². The van der Waals surface area contributed by atoms with E-state index in [1.54, 1.807) is 24.3 Å². The Labute approximate surface area is 471 Å². The highest BCUT2D eigenvalue weighted by Crippen LogP contribution is 2.55. The number of aromatic amines is 2. The Bertz CT molecular complexity index is 4310. The molecule has 10 aromatic carbocycles. The van der Waals surface area contributed by atoms with E-state index in [4.69, 9.17) is 8.83 Å². The van der Waals surface area contributed by atoms with Gasteiger partial charge in [0.1, 0.15) is 23.0 Å². The topological polar surface area (TPSA) is 144 Å². The van der Waals surface area contributed by atoms with Gasteiger partial charge in [0, 0.05) is 102 Å². The number of furan rings is 2. The van der Waals surface area contributed by atoms with Gasteiger partial charge >= 0.3 is 0 Å². The van der Waals surface area contributed by atoms with E-state index in [9.17, 15) is 20.2 Å². The van der Waals surface area contributed by atoms with Crippen LogP contribution in [0.3, 0.4) is 0 Å². The summed E-state index contributed by atoms with van der Waals surface area (Å²) in [7, 11) is 0. The maximum atomic E-state index is 11.8. The van der Waals surface area contributed by atoms with Crippen molar-refractivity contribution in [2.24, 2.45) is 0 Å². The Balaban J connectivity index is 0.000000154. The lowest BCUT2D eigenvalue weighted by molar-refractivity contribution is -0.385. The van der Waals surface area contributed by atoms with Crippen LogP contribution in [0, 0.1) is 20.2 Å². The molecule has 0 amide bonds. The van der Waals surface area contributed by atoms with Crippen molar-refractivity contribution < 1.29 is 18.7 Å². The molecular formula is C72H48N4O6. The molecule has 0 saturated heterocycles. The number of aromatic nitrogens is 2. The second-order valence-electron chi connectivity index (χ2n) is 19.7. The van der Waals surface area contributed by atoms with Crippen molar-refractivity contribution >= 4 is 33.2 Å². The summed E-state index contributed by atoms with van der Waals surface area (Å²) >= 11 is 0. The summed E-state index contributed by atoms with van der Waals surface area (Å²) in [5, 5.41) is 25.7. The molecule has 82 heavy (non-hydrogen) atoms. The van der Waals surface area contributed by atoms with Crippen LogP contribution in [0.4, 0.5) is 11.4 Å². The number of hydrogen-bond acceptors (Lipinski definition) is 6. The van der Waals surface area contributed by atoms with Gasteiger partial charge in [-0.3, -0.25) is 20.2 Å². The van der Waals surface area contributed by atoms with Crippen molar-refractivity contribution in [2.45, 2.75) is 0 Å². The monoisotopic (exact) mass is 1060 g/mol. The molecule has 10 heteroatoms. The predicted octanol–water partition coefficient (Wildman–Crippen LogP) is 20.0. The van der Waals surface area contributed by atoms with Crippen LogP contribution in [0.5, 0.6) is 0 Å². The molecule has 14 aromatic rings. The van der Waals surface area contributed by atoms with Gasteiger partial charge in [-0.1, -0.05) is 243 Å². The van der Waals surface area contributed by atoms with Crippen molar-refractivity contribution in [3.05, 3.63) is 299 Å². The fourth-order valence-corrected chi connectivity index (χ4v) is 11.1. The predicted molar refractivity (Wildman–Crippen MR) is 329 cm³/mol. The first-order valence-electron chi connectivity index (χ1n) is 26.8. The van der Waals surface area contributed by atoms with Crippen LogP contribution >= 0.6 is 0 Å². The van der Waals surface area contributed by atoms with Gasteiger partial charge in [0.2, 0.25) is 0 Å². The highest BCUT2D eigenvalue weighted by atomic mass is 16.6. The Morgan fingerprint density at radius 3 is 0.890 bits per heavy atom. The number of non-ortho nitro benzene ring substituents is 2. The largest absolute Gasteiger partial charge is 0.455 e. The molecule has 392 valence electrons. The molecule has 2 N–H and O–H groups in total. The number of nitrogens with zero attached hydrogens (tertiary/aromatic N) is 2. The van der Waals surface area contributed by atoms with E-state index >= 15 is 0 Å². The van der Waals surface area contributed by atoms with Gasteiger partial charge in [0.05, 0.1) is 21.2 Å². The maximum absolute atomic E-state index is 11.8. The summed E-state index contributed by atoms with van der Waals surface area (Å²) < 4.78 is 13.7. The minimum Gasteiger partial charge on any atom is -0.455 e. The normalized spacial score (nSPS) is 11.1. The van der Waals surface area contributed by atoms with Crippen LogP contribution in [0.2, 0.25) is 0 Å². The molecule has 0 radical (unpaired) electrons. The molecule has 0 saturated carbocycles. The second-order valence-corrected chi connectivity index (χ2v) is 19.7. The number of para-hydroxylation sites is 2. The molecular weight excluding hydrogens is 1020 g/mol. The molecule has 0 atom stereocenters. The highest BCUT2D eigenvalue weighted by molar-refractivity contribution is 6.14. The zero-order chi connectivity index (χ0) is 55.5. The van der Waals surface area contributed by atoms with E-state index < -0.39 is 0 Å². The van der Waals surface area contributed by atoms with E-state index in [-0.39, 0.29) is 21.2 Å². The zero-order valence-electron chi connectivity index (χ0n) is 43.9. The van der Waals surface area contributed by atoms with Crippen molar-refractivity contribution in [1.82, 2.24) is 9.97 Å². The lowest BCUT2D eigenvalue weighted by Crippen LogP contribution is -1.90. The molecule has 0 aliphatic rings. The van der Waals surface area contributed by atoms with Crippen LogP contribution < -0.4 is 0 Å². The third-order valence-corrected chi connectivity index (χ3v) is 14.7. The molecule has 14 rings (SSSR count). The third kappa shape index (κ3) is 9.41. The minimum absolute atomic E-state index is 0.00887. The van der Waals surface area contributed by atoms with Gasteiger partial charge in [-0.15, -0.1) is 0 Å². The van der Waals surface area contributed by atoms with Crippen LogP contribution in [0.25, 0.3) is 134 Å². The number of fused-ring (bicyclic) bond motifs is 2. The molecule has 0 fully saturated rings. The molecule has 4 aromatic heterocycles. The second kappa shape index (κ2) is 21.8. The summed E-state index contributed by atoms with van der Waals surface area (Å²) in [6.07, 6.45) is 0. The smallest absolute Gasteiger partial charge is 0.270 e. The van der Waals surface area contributed by atoms with E-state index in [1.165, 1.54) is 12.1 Å². The van der Waals surface area contributed by atoms with E-state index in [0.29, 0.717) is 34.2 Å². The average Bonchev–Trinajstić information content (AvgIpc) is 4.53. The Kier molecular flexibility index (Phi) is 13.3. The number of hydrogen-bond donors (Lipinski definition) is 2. The van der Waals surface area contributed by atoms with E-state index in [2.05, 4.69) is 82.8 Å². The lowest BCUT2D eigenvalue weighted by atomic mass is 9.89. The quantitative estimate of drug-likeness (QED) is 0.0921.